The van der Waals surface area contributed by atoms with Crippen LogP contribution in [-0.2, 0) is 4.79 Å². The summed E-state index contributed by atoms with van der Waals surface area (Å²) < 4.78 is 14.3. The predicted molar refractivity (Wildman–Crippen MR) is 83.2 cm³/mol. The van der Waals surface area contributed by atoms with Gasteiger partial charge in [-0.1, -0.05) is 18.2 Å². The van der Waals surface area contributed by atoms with Crippen LogP contribution >= 0.6 is 0 Å². The second-order valence-corrected chi connectivity index (χ2v) is 4.68. The zero-order valence-corrected chi connectivity index (χ0v) is 11.9. The molecule has 0 fully saturated rings. The van der Waals surface area contributed by atoms with Gasteiger partial charge in [0, 0.05) is 11.8 Å². The third kappa shape index (κ3) is 3.85. The molecule has 0 atom stereocenters. The van der Waals surface area contributed by atoms with Gasteiger partial charge in [0.05, 0.1) is 5.69 Å². The summed E-state index contributed by atoms with van der Waals surface area (Å²) in [6.07, 6.45) is 4.46. The number of amides is 1. The molecule has 2 aromatic carbocycles. The Morgan fingerprint density at radius 2 is 2.00 bits per heavy atom. The number of carbonyl (C=O) groups is 1. The molecule has 0 spiro atoms. The van der Waals surface area contributed by atoms with Crippen LogP contribution < -0.4 is 5.32 Å². The van der Waals surface area contributed by atoms with Crippen LogP contribution in [0.3, 0.4) is 0 Å². The zero-order valence-electron chi connectivity index (χ0n) is 11.9. The molecule has 6 nitrogen and oxygen atoms in total. The number of hydrogen-bond acceptors (Lipinski definition) is 4. The van der Waals surface area contributed by atoms with E-state index in [2.05, 4.69) is 20.8 Å². The van der Waals surface area contributed by atoms with Crippen molar-refractivity contribution in [2.75, 3.05) is 5.32 Å². The number of tetrazole rings is 1. The van der Waals surface area contributed by atoms with Crippen LogP contribution in [0.1, 0.15) is 5.56 Å². The van der Waals surface area contributed by atoms with E-state index >= 15 is 0 Å². The molecule has 1 N–H and O–H groups in total. The van der Waals surface area contributed by atoms with E-state index in [9.17, 15) is 9.18 Å². The Balaban J connectivity index is 1.68. The van der Waals surface area contributed by atoms with Gasteiger partial charge in [0.25, 0.3) is 0 Å². The summed E-state index contributed by atoms with van der Waals surface area (Å²) in [6.45, 7) is 0. The Morgan fingerprint density at radius 3 is 2.74 bits per heavy atom. The number of rotatable bonds is 4. The van der Waals surface area contributed by atoms with Crippen molar-refractivity contribution < 1.29 is 9.18 Å². The third-order valence-corrected chi connectivity index (χ3v) is 3.02. The number of anilines is 1. The maximum atomic E-state index is 12.8. The van der Waals surface area contributed by atoms with Crippen LogP contribution in [0.5, 0.6) is 0 Å². The van der Waals surface area contributed by atoms with Gasteiger partial charge in [-0.25, -0.2) is 9.07 Å². The summed E-state index contributed by atoms with van der Waals surface area (Å²) in [4.78, 5) is 11.9. The van der Waals surface area contributed by atoms with Gasteiger partial charge < -0.3 is 5.32 Å². The van der Waals surface area contributed by atoms with Crippen molar-refractivity contribution in [3.8, 4) is 5.69 Å². The molecule has 1 aromatic heterocycles. The van der Waals surface area contributed by atoms with Crippen LogP contribution in [0, 0.1) is 5.82 Å². The first-order valence-corrected chi connectivity index (χ1v) is 6.79. The fraction of sp³-hybridized carbons (Fsp3) is 0. The van der Waals surface area contributed by atoms with E-state index in [0.29, 0.717) is 5.69 Å². The Bertz CT molecular complexity index is 828. The fourth-order valence-electron chi connectivity index (χ4n) is 1.94. The van der Waals surface area contributed by atoms with Gasteiger partial charge in [-0.05, 0) is 52.4 Å². The molecule has 114 valence electrons. The number of benzene rings is 2. The van der Waals surface area contributed by atoms with Crippen LogP contribution in [0.2, 0.25) is 0 Å². The maximum absolute atomic E-state index is 12.8. The van der Waals surface area contributed by atoms with Gasteiger partial charge in [-0.3, -0.25) is 4.79 Å². The topological polar surface area (TPSA) is 72.7 Å². The normalized spacial score (nSPS) is 10.8. The molecule has 7 heteroatoms. The van der Waals surface area contributed by atoms with Crippen molar-refractivity contribution in [3.05, 3.63) is 72.3 Å². The quantitative estimate of drug-likeness (QED) is 0.751. The summed E-state index contributed by atoms with van der Waals surface area (Å²) in [5.74, 6) is -0.603. The van der Waals surface area contributed by atoms with E-state index in [4.69, 9.17) is 0 Å². The van der Waals surface area contributed by atoms with Crippen LogP contribution in [0.4, 0.5) is 10.1 Å². The highest BCUT2D eigenvalue weighted by atomic mass is 19.1. The Kier molecular flexibility index (Phi) is 4.19. The monoisotopic (exact) mass is 309 g/mol. The van der Waals surface area contributed by atoms with Crippen molar-refractivity contribution in [2.45, 2.75) is 0 Å². The highest BCUT2D eigenvalue weighted by molar-refractivity contribution is 6.02. The van der Waals surface area contributed by atoms with Gasteiger partial charge in [0.2, 0.25) is 5.91 Å². The number of halogens is 1. The van der Waals surface area contributed by atoms with Gasteiger partial charge >= 0.3 is 0 Å². The van der Waals surface area contributed by atoms with Crippen molar-refractivity contribution in [2.24, 2.45) is 0 Å². The van der Waals surface area contributed by atoms with Crippen LogP contribution in [0.25, 0.3) is 11.8 Å². The van der Waals surface area contributed by atoms with E-state index in [1.807, 2.05) is 6.07 Å². The van der Waals surface area contributed by atoms with Crippen molar-refractivity contribution in [1.82, 2.24) is 20.2 Å². The number of hydrogen-bond donors (Lipinski definition) is 1. The summed E-state index contributed by atoms with van der Waals surface area (Å²) >= 11 is 0. The first-order valence-electron chi connectivity index (χ1n) is 6.79. The lowest BCUT2D eigenvalue weighted by atomic mass is 10.2. The Hall–Kier alpha value is -3.35. The first kappa shape index (κ1) is 14.6. The summed E-state index contributed by atoms with van der Waals surface area (Å²) in [5.41, 5.74) is 2.09. The lowest BCUT2D eigenvalue weighted by molar-refractivity contribution is -0.111. The second kappa shape index (κ2) is 6.61. The maximum Gasteiger partial charge on any atom is 0.248 e. The van der Waals surface area contributed by atoms with Crippen molar-refractivity contribution in [1.29, 1.82) is 0 Å². The fourth-order valence-corrected chi connectivity index (χ4v) is 1.94. The Labute approximate surface area is 131 Å². The minimum Gasteiger partial charge on any atom is -0.322 e. The zero-order chi connectivity index (χ0) is 16.1. The van der Waals surface area contributed by atoms with Crippen molar-refractivity contribution in [3.63, 3.8) is 0 Å². The molecule has 0 aliphatic heterocycles. The van der Waals surface area contributed by atoms with E-state index < -0.39 is 0 Å². The third-order valence-electron chi connectivity index (χ3n) is 3.02. The van der Waals surface area contributed by atoms with E-state index in [-0.39, 0.29) is 11.7 Å². The van der Waals surface area contributed by atoms with Gasteiger partial charge in [-0.15, -0.1) is 5.10 Å². The van der Waals surface area contributed by atoms with Gasteiger partial charge in [0.1, 0.15) is 12.1 Å². The van der Waals surface area contributed by atoms with E-state index in [0.717, 1.165) is 11.3 Å². The molecule has 0 saturated carbocycles. The molecule has 0 aliphatic rings. The molecule has 1 amide bonds. The molecular formula is C16H12FN5O. The van der Waals surface area contributed by atoms with Crippen LogP contribution in [0.15, 0.2) is 60.9 Å². The highest BCUT2D eigenvalue weighted by Crippen LogP contribution is 2.13. The molecule has 0 saturated heterocycles. The molecule has 0 radical (unpaired) electrons. The molecule has 0 unspecified atom stereocenters. The molecule has 0 aliphatic carbocycles. The minimum absolute atomic E-state index is 0.289. The summed E-state index contributed by atoms with van der Waals surface area (Å²) in [7, 11) is 0. The standard InChI is InChI=1S/C16H12FN5O/c17-13-7-4-12(5-8-13)6-9-16(23)19-14-2-1-3-15(10-14)22-11-18-20-21-22/h1-11H,(H,19,23)/b9-6+. The SMILES string of the molecule is O=C(/C=C/c1ccc(F)cc1)Nc1cccc(-n2cnnn2)c1. The van der Waals surface area contributed by atoms with Crippen LogP contribution in [-0.4, -0.2) is 26.1 Å². The highest BCUT2D eigenvalue weighted by Gasteiger charge is 2.02. The van der Waals surface area contributed by atoms with Gasteiger partial charge in [0.15, 0.2) is 0 Å². The lowest BCUT2D eigenvalue weighted by Crippen LogP contribution is -2.08. The smallest absolute Gasteiger partial charge is 0.248 e. The summed E-state index contributed by atoms with van der Waals surface area (Å²) in [6, 6.07) is 13.0. The molecular weight excluding hydrogens is 297 g/mol. The number of nitrogens with zero attached hydrogens (tertiary/aromatic N) is 4. The largest absolute Gasteiger partial charge is 0.322 e. The first-order chi connectivity index (χ1) is 11.2. The minimum atomic E-state index is -0.314. The average molecular weight is 309 g/mol. The summed E-state index contributed by atoms with van der Waals surface area (Å²) in [5, 5.41) is 13.7. The number of nitrogens with one attached hydrogen (secondary N) is 1. The molecule has 23 heavy (non-hydrogen) atoms. The molecule has 3 aromatic rings. The van der Waals surface area contributed by atoms with E-state index in [1.165, 1.54) is 29.2 Å². The van der Waals surface area contributed by atoms with E-state index in [1.54, 1.807) is 36.4 Å². The molecule has 0 bridgehead atoms. The molecule has 1 heterocycles. The number of aromatic nitrogens is 4. The predicted octanol–water partition coefficient (Wildman–Crippen LogP) is 2.45. The second-order valence-electron chi connectivity index (χ2n) is 4.68. The lowest BCUT2D eigenvalue weighted by Gasteiger charge is -2.04. The Morgan fingerprint density at radius 1 is 1.17 bits per heavy atom. The number of carbonyl (C=O) groups excluding carboxylic acids is 1. The van der Waals surface area contributed by atoms with Crippen molar-refractivity contribution >= 4 is 17.7 Å². The average Bonchev–Trinajstić information content (AvgIpc) is 3.09. The molecule has 3 rings (SSSR count). The van der Waals surface area contributed by atoms with Gasteiger partial charge in [-0.2, -0.15) is 0 Å².